The Morgan fingerprint density at radius 3 is 2.23 bits per heavy atom. The third-order valence-electron chi connectivity index (χ3n) is 13.7. The molecule has 4 fully saturated rings. The molecular weight excluding hydrogens is 584 g/mol. The lowest BCUT2D eigenvalue weighted by atomic mass is 9.47. The van der Waals surface area contributed by atoms with Crippen molar-refractivity contribution >= 4 is 17.7 Å². The van der Waals surface area contributed by atoms with Crippen LogP contribution in [0.15, 0.2) is 11.6 Å². The fraction of sp³-hybridized carbons (Fsp3) is 0.875. The number of carbonyl (C=O) groups excluding carboxylic acids is 3. The van der Waals surface area contributed by atoms with Gasteiger partial charge in [0.15, 0.2) is 0 Å². The average molecular weight is 653 g/mol. The predicted molar refractivity (Wildman–Crippen MR) is 190 cm³/mol. The largest absolute Gasteiger partial charge is 0.356 e. The van der Waals surface area contributed by atoms with E-state index in [4.69, 9.17) is 0 Å². The Bertz CT molecular complexity index is 1120. The molecule has 4 saturated carbocycles. The van der Waals surface area contributed by atoms with Crippen LogP contribution in [0.25, 0.3) is 0 Å². The van der Waals surface area contributed by atoms with Gasteiger partial charge in [-0.25, -0.2) is 0 Å². The molecule has 266 valence electrons. The lowest BCUT2D eigenvalue weighted by Gasteiger charge is -2.58. The highest BCUT2D eigenvalue weighted by Gasteiger charge is 2.59. The summed E-state index contributed by atoms with van der Waals surface area (Å²) in [7, 11) is 0. The molecule has 7 nitrogen and oxygen atoms in total. The Kier molecular flexibility index (Phi) is 12.6. The molecule has 7 heteroatoms. The zero-order valence-corrected chi connectivity index (χ0v) is 30.6. The van der Waals surface area contributed by atoms with Gasteiger partial charge in [-0.15, -0.1) is 0 Å². The molecule has 8 unspecified atom stereocenters. The van der Waals surface area contributed by atoms with E-state index in [1.807, 2.05) is 0 Å². The van der Waals surface area contributed by atoms with E-state index < -0.39 is 0 Å². The molecule has 5 aliphatic rings. The van der Waals surface area contributed by atoms with Crippen LogP contribution in [-0.2, 0) is 14.4 Å². The molecule has 5 aliphatic carbocycles. The van der Waals surface area contributed by atoms with Crippen molar-refractivity contribution in [1.82, 2.24) is 21.3 Å². The van der Waals surface area contributed by atoms with Crippen LogP contribution < -0.4 is 21.3 Å². The highest BCUT2D eigenvalue weighted by atomic mass is 16.2. The van der Waals surface area contributed by atoms with Crippen LogP contribution in [0.3, 0.4) is 0 Å². The van der Waals surface area contributed by atoms with Crippen molar-refractivity contribution in [3.63, 3.8) is 0 Å². The Hall–Kier alpha value is -1.89. The molecule has 0 aromatic rings. The summed E-state index contributed by atoms with van der Waals surface area (Å²) in [5.74, 6) is 5.35. The second-order valence-electron chi connectivity index (χ2n) is 17.3. The number of hydrogen-bond acceptors (Lipinski definition) is 4. The van der Waals surface area contributed by atoms with E-state index in [1.165, 1.54) is 70.6 Å². The average Bonchev–Trinajstić information content (AvgIpc) is 3.82. The molecule has 4 N–H and O–H groups in total. The summed E-state index contributed by atoms with van der Waals surface area (Å²) >= 11 is 0. The number of amides is 3. The van der Waals surface area contributed by atoms with Gasteiger partial charge in [-0.2, -0.15) is 0 Å². The number of rotatable bonds is 17. The lowest BCUT2D eigenvalue weighted by Crippen LogP contribution is -2.51. The number of hydrogen-bond donors (Lipinski definition) is 4. The van der Waals surface area contributed by atoms with Crippen LogP contribution in [0.2, 0.25) is 0 Å². The monoisotopic (exact) mass is 653 g/mol. The zero-order chi connectivity index (χ0) is 33.6. The summed E-state index contributed by atoms with van der Waals surface area (Å²) in [5, 5.41) is 12.4. The van der Waals surface area contributed by atoms with Gasteiger partial charge in [-0.05, 0) is 124 Å². The van der Waals surface area contributed by atoms with Crippen molar-refractivity contribution in [1.29, 1.82) is 0 Å². The van der Waals surface area contributed by atoms with E-state index in [9.17, 15) is 14.4 Å². The SMILES string of the molecule is CC(C)CCCC(C)C1CCC2C3CC=C4CC(NCCCNC(=O)CCNC(=O)CCNC(=O)C5CC5)CCC4(C)C3CCC12C. The second kappa shape index (κ2) is 16.2. The van der Waals surface area contributed by atoms with Crippen LogP contribution in [0.1, 0.15) is 137 Å². The van der Waals surface area contributed by atoms with Gasteiger partial charge >= 0.3 is 0 Å². The van der Waals surface area contributed by atoms with Gasteiger partial charge in [0.1, 0.15) is 0 Å². The number of nitrogens with one attached hydrogen (secondary N) is 4. The third kappa shape index (κ3) is 9.02. The Morgan fingerprint density at radius 1 is 0.787 bits per heavy atom. The van der Waals surface area contributed by atoms with E-state index >= 15 is 0 Å². The molecule has 0 radical (unpaired) electrons. The van der Waals surface area contributed by atoms with Crippen molar-refractivity contribution in [2.75, 3.05) is 26.2 Å². The lowest BCUT2D eigenvalue weighted by molar-refractivity contribution is -0.123. The Labute approximate surface area is 286 Å². The minimum atomic E-state index is -0.128. The molecule has 0 bridgehead atoms. The van der Waals surface area contributed by atoms with Crippen LogP contribution in [0, 0.1) is 52.3 Å². The topological polar surface area (TPSA) is 99.3 Å². The Morgan fingerprint density at radius 2 is 1.51 bits per heavy atom. The van der Waals surface area contributed by atoms with Crippen LogP contribution in [-0.4, -0.2) is 49.9 Å². The normalized spacial score (nSPS) is 33.7. The first kappa shape index (κ1) is 36.4. The number of allylic oxidation sites excluding steroid dienone is 1. The second-order valence-corrected chi connectivity index (χ2v) is 17.3. The summed E-state index contributed by atoms with van der Waals surface area (Å²) in [6.07, 6.45) is 21.1. The van der Waals surface area contributed by atoms with Crippen molar-refractivity contribution < 1.29 is 14.4 Å². The molecule has 0 saturated heterocycles. The van der Waals surface area contributed by atoms with Gasteiger partial charge in [0.05, 0.1) is 0 Å². The van der Waals surface area contributed by atoms with E-state index in [1.54, 1.807) is 5.57 Å². The summed E-state index contributed by atoms with van der Waals surface area (Å²) in [6.45, 7) is 14.9. The van der Waals surface area contributed by atoms with Crippen molar-refractivity contribution in [2.45, 2.75) is 143 Å². The number of carbonyl (C=O) groups is 3. The minimum Gasteiger partial charge on any atom is -0.356 e. The van der Waals surface area contributed by atoms with Gasteiger partial charge in [0.25, 0.3) is 0 Å². The fourth-order valence-corrected chi connectivity index (χ4v) is 10.8. The Balaban J connectivity index is 0.977. The molecule has 5 rings (SSSR count). The van der Waals surface area contributed by atoms with Gasteiger partial charge in [-0.3, -0.25) is 14.4 Å². The summed E-state index contributed by atoms with van der Waals surface area (Å²) in [6, 6.07) is 0.544. The van der Waals surface area contributed by atoms with E-state index in [2.05, 4.69) is 62.0 Å². The standard InChI is InChI=1S/C40H68N4O3/c1-27(2)8-6-9-28(3)33-14-15-34-32-13-12-30-26-31(16-20-39(30,4)35(32)17-21-40(33,34)5)41-22-7-23-42-36(45)18-24-43-37(46)19-25-44-38(47)29-10-11-29/h12,27-29,31-35,41H,6-11,13-26H2,1-5H3,(H,42,45)(H,43,46)(H,44,47). The first-order chi connectivity index (χ1) is 22.5. The van der Waals surface area contributed by atoms with Crippen molar-refractivity contribution in [3.8, 4) is 0 Å². The van der Waals surface area contributed by atoms with Gasteiger partial charge in [0, 0.05) is 44.4 Å². The summed E-state index contributed by atoms with van der Waals surface area (Å²) in [5.41, 5.74) is 2.68. The molecule has 0 aromatic carbocycles. The van der Waals surface area contributed by atoms with Crippen LogP contribution >= 0.6 is 0 Å². The quantitative estimate of drug-likeness (QED) is 0.101. The molecular formula is C40H68N4O3. The van der Waals surface area contributed by atoms with Gasteiger partial charge in [-0.1, -0.05) is 65.5 Å². The molecule has 8 atom stereocenters. The summed E-state index contributed by atoms with van der Waals surface area (Å²) < 4.78 is 0. The highest BCUT2D eigenvalue weighted by molar-refractivity contribution is 5.82. The van der Waals surface area contributed by atoms with Crippen LogP contribution in [0.5, 0.6) is 0 Å². The molecule has 0 aliphatic heterocycles. The zero-order valence-electron chi connectivity index (χ0n) is 30.6. The third-order valence-corrected chi connectivity index (χ3v) is 13.7. The highest BCUT2D eigenvalue weighted by Crippen LogP contribution is 2.67. The van der Waals surface area contributed by atoms with Crippen LogP contribution in [0.4, 0.5) is 0 Å². The van der Waals surface area contributed by atoms with Gasteiger partial charge < -0.3 is 21.3 Å². The molecule has 0 heterocycles. The molecule has 47 heavy (non-hydrogen) atoms. The molecule has 3 amide bonds. The first-order valence-corrected chi connectivity index (χ1v) is 19.7. The van der Waals surface area contributed by atoms with Gasteiger partial charge in [0.2, 0.25) is 17.7 Å². The smallest absolute Gasteiger partial charge is 0.223 e. The van der Waals surface area contributed by atoms with Crippen molar-refractivity contribution in [3.05, 3.63) is 11.6 Å². The maximum atomic E-state index is 12.2. The summed E-state index contributed by atoms with van der Waals surface area (Å²) in [4.78, 5) is 35.8. The van der Waals surface area contributed by atoms with E-state index in [0.717, 1.165) is 61.3 Å². The maximum absolute atomic E-state index is 12.2. The first-order valence-electron chi connectivity index (χ1n) is 19.7. The van der Waals surface area contributed by atoms with E-state index in [-0.39, 0.29) is 36.5 Å². The minimum absolute atomic E-state index is 0.0274. The fourth-order valence-electron chi connectivity index (χ4n) is 10.8. The molecule has 0 spiro atoms. The predicted octanol–water partition coefficient (Wildman–Crippen LogP) is 6.91. The number of fused-ring (bicyclic) bond motifs is 5. The molecule has 0 aromatic heterocycles. The maximum Gasteiger partial charge on any atom is 0.223 e. The van der Waals surface area contributed by atoms with E-state index in [0.29, 0.717) is 36.5 Å². The van der Waals surface area contributed by atoms with Crippen molar-refractivity contribution in [2.24, 2.45) is 52.3 Å².